The molecule has 6 heteroatoms. The third kappa shape index (κ3) is 2.48. The number of thioether (sulfide) groups is 1. The molecule has 1 aromatic rings. The first-order chi connectivity index (χ1) is 8.24. The zero-order valence-electron chi connectivity index (χ0n) is 9.14. The van der Waals surface area contributed by atoms with E-state index in [0.717, 1.165) is 18.6 Å². The molecule has 0 amide bonds. The molecule has 0 saturated carbocycles. The van der Waals surface area contributed by atoms with Gasteiger partial charge in [0.05, 0.1) is 16.7 Å². The summed E-state index contributed by atoms with van der Waals surface area (Å²) < 4.78 is 4.74. The first-order valence-electron chi connectivity index (χ1n) is 5.32. The lowest BCUT2D eigenvalue weighted by atomic mass is 10.0. The molecule has 0 bridgehead atoms. The van der Waals surface area contributed by atoms with E-state index in [9.17, 15) is 9.59 Å². The molecule has 0 aliphatic heterocycles. The average molecular weight is 252 g/mol. The normalized spacial score (nSPS) is 14.8. The third-order valence-electron chi connectivity index (χ3n) is 2.38. The van der Waals surface area contributed by atoms with E-state index in [4.69, 9.17) is 10.3 Å². The molecule has 0 atom stereocenters. The van der Waals surface area contributed by atoms with Gasteiger partial charge in [-0.1, -0.05) is 5.16 Å². The molecular formula is C11H12N2O3S. The number of carbonyl (C=O) groups excluding carboxylic acids is 2. The molecular weight excluding hydrogens is 240 g/mol. The maximum absolute atomic E-state index is 11.9. The molecule has 2 N–H and O–H groups in total. The van der Waals surface area contributed by atoms with Crippen LogP contribution in [-0.4, -0.2) is 29.0 Å². The number of nitrogens with two attached hydrogens (primary N) is 1. The number of aromatic nitrogens is 1. The van der Waals surface area contributed by atoms with Crippen LogP contribution in [0.15, 0.2) is 21.7 Å². The number of nitrogens with zero attached hydrogens (tertiary/aromatic N) is 1. The molecule has 0 saturated heterocycles. The molecule has 0 fully saturated rings. The summed E-state index contributed by atoms with van der Waals surface area (Å²) >= 11 is 1.38. The first-order valence-corrected chi connectivity index (χ1v) is 6.31. The Kier molecular flexibility index (Phi) is 3.75. The fraction of sp³-hybridized carbons (Fsp3) is 0.364. The number of allylic oxidation sites excluding steroid dienone is 2. The number of ketones is 2. The molecule has 0 aromatic carbocycles. The van der Waals surface area contributed by atoms with Crippen molar-refractivity contribution in [3.63, 3.8) is 0 Å². The van der Waals surface area contributed by atoms with Crippen LogP contribution in [0.4, 0.5) is 0 Å². The monoisotopic (exact) mass is 252 g/mol. The highest BCUT2D eigenvalue weighted by molar-refractivity contribution is 8.04. The molecule has 5 nitrogen and oxygen atoms in total. The summed E-state index contributed by atoms with van der Waals surface area (Å²) in [5.41, 5.74) is 5.64. The van der Waals surface area contributed by atoms with Gasteiger partial charge in [0.25, 0.3) is 0 Å². The van der Waals surface area contributed by atoms with Crippen molar-refractivity contribution >= 4 is 23.3 Å². The van der Waals surface area contributed by atoms with Crippen molar-refractivity contribution in [3.05, 3.63) is 28.5 Å². The van der Waals surface area contributed by atoms with Crippen molar-refractivity contribution in [1.29, 1.82) is 0 Å². The van der Waals surface area contributed by atoms with Crippen molar-refractivity contribution in [2.45, 2.75) is 12.8 Å². The lowest BCUT2D eigenvalue weighted by molar-refractivity contribution is 0.0967. The van der Waals surface area contributed by atoms with Gasteiger partial charge in [-0.3, -0.25) is 9.59 Å². The Morgan fingerprint density at radius 2 is 2.18 bits per heavy atom. The van der Waals surface area contributed by atoms with Crippen molar-refractivity contribution < 1.29 is 14.1 Å². The highest BCUT2D eigenvalue weighted by Crippen LogP contribution is 2.28. The summed E-state index contributed by atoms with van der Waals surface area (Å²) in [4.78, 5) is 24.0. The number of carbonyl (C=O) groups is 2. The highest BCUT2D eigenvalue weighted by Gasteiger charge is 2.29. The van der Waals surface area contributed by atoms with E-state index in [0.29, 0.717) is 11.4 Å². The molecule has 0 radical (unpaired) electrons. The molecule has 1 aliphatic rings. The van der Waals surface area contributed by atoms with Gasteiger partial charge in [-0.05, 0) is 25.1 Å². The molecule has 1 aromatic heterocycles. The van der Waals surface area contributed by atoms with E-state index in [2.05, 4.69) is 5.16 Å². The van der Waals surface area contributed by atoms with Gasteiger partial charge in [-0.2, -0.15) is 0 Å². The molecule has 2 rings (SSSR count). The van der Waals surface area contributed by atoms with E-state index in [1.165, 1.54) is 24.0 Å². The van der Waals surface area contributed by atoms with E-state index in [1.807, 2.05) is 0 Å². The van der Waals surface area contributed by atoms with Crippen LogP contribution < -0.4 is 5.73 Å². The summed E-state index contributed by atoms with van der Waals surface area (Å²) in [6.07, 6.45) is 4.46. The van der Waals surface area contributed by atoms with E-state index in [1.54, 1.807) is 0 Å². The zero-order chi connectivity index (χ0) is 12.3. The van der Waals surface area contributed by atoms with Crippen LogP contribution in [0.2, 0.25) is 0 Å². The molecule has 90 valence electrons. The Bertz CT molecular complexity index is 479. The lowest BCUT2D eigenvalue weighted by Crippen LogP contribution is -2.13. The number of Topliss-reactive ketones (excluding diaryl/α,β-unsaturated/α-hetero) is 1. The van der Waals surface area contributed by atoms with E-state index < -0.39 is 0 Å². The minimum atomic E-state index is -0.293. The number of fused-ring (bicyclic) bond motifs is 1. The van der Waals surface area contributed by atoms with Gasteiger partial charge in [0, 0.05) is 6.08 Å². The maximum Gasteiger partial charge on any atom is 0.225 e. The van der Waals surface area contributed by atoms with Crippen molar-refractivity contribution in [1.82, 2.24) is 5.16 Å². The molecule has 17 heavy (non-hydrogen) atoms. The molecule has 1 heterocycles. The topological polar surface area (TPSA) is 86.2 Å². The number of hydrogen-bond donors (Lipinski definition) is 1. The fourth-order valence-corrected chi connectivity index (χ4v) is 2.50. The Balaban J connectivity index is 2.05. The average Bonchev–Trinajstić information content (AvgIpc) is 2.80. The van der Waals surface area contributed by atoms with Crippen LogP contribution in [-0.2, 0) is 0 Å². The van der Waals surface area contributed by atoms with Gasteiger partial charge in [-0.15, -0.1) is 11.8 Å². The summed E-state index contributed by atoms with van der Waals surface area (Å²) in [6, 6.07) is 0. The third-order valence-corrected chi connectivity index (χ3v) is 3.49. The van der Waals surface area contributed by atoms with E-state index in [-0.39, 0.29) is 22.9 Å². The molecule has 1 aliphatic carbocycles. The summed E-state index contributed by atoms with van der Waals surface area (Å²) in [7, 11) is 0. The van der Waals surface area contributed by atoms with Crippen molar-refractivity contribution in [2.75, 3.05) is 12.3 Å². The second-order valence-electron chi connectivity index (χ2n) is 3.61. The van der Waals surface area contributed by atoms with Crippen LogP contribution in [0.1, 0.15) is 33.8 Å². The van der Waals surface area contributed by atoms with Crippen LogP contribution in [0.5, 0.6) is 0 Å². The van der Waals surface area contributed by atoms with Crippen molar-refractivity contribution in [2.24, 2.45) is 5.73 Å². The predicted molar refractivity (Wildman–Crippen MR) is 64.0 cm³/mol. The van der Waals surface area contributed by atoms with Crippen LogP contribution in [0.3, 0.4) is 0 Å². The predicted octanol–water partition coefficient (Wildman–Crippen LogP) is 1.41. The number of unbranched alkanes of at least 4 members (excludes halogenated alkanes) is 1. The quantitative estimate of drug-likeness (QED) is 0.797. The largest absolute Gasteiger partial charge is 0.352 e. The number of hydrogen-bond acceptors (Lipinski definition) is 6. The standard InChI is InChI=1S/C11H12N2O3S/c12-3-1-2-4-17-9-5-8(14)11-7(10(9)15)6-13-16-11/h5-6H,1-4,12H2. The molecule has 0 spiro atoms. The Morgan fingerprint density at radius 3 is 2.94 bits per heavy atom. The summed E-state index contributed by atoms with van der Waals surface area (Å²) in [5.74, 6) is 0.348. The first kappa shape index (κ1) is 12.1. The minimum absolute atomic E-state index is 0.0429. The van der Waals surface area contributed by atoms with Gasteiger partial charge >= 0.3 is 0 Å². The van der Waals surface area contributed by atoms with Gasteiger partial charge in [-0.25, -0.2) is 0 Å². The summed E-state index contributed by atoms with van der Waals surface area (Å²) in [6.45, 7) is 0.641. The van der Waals surface area contributed by atoms with Crippen LogP contribution in [0.25, 0.3) is 0 Å². The van der Waals surface area contributed by atoms with Gasteiger partial charge in [0.1, 0.15) is 0 Å². The fourth-order valence-electron chi connectivity index (χ4n) is 1.50. The Morgan fingerprint density at radius 1 is 1.35 bits per heavy atom. The van der Waals surface area contributed by atoms with Crippen LogP contribution in [0, 0.1) is 0 Å². The Labute approximate surface area is 102 Å². The molecule has 0 unspecified atom stereocenters. The second-order valence-corrected chi connectivity index (χ2v) is 4.75. The highest BCUT2D eigenvalue weighted by atomic mass is 32.2. The lowest BCUT2D eigenvalue weighted by Gasteiger charge is -2.08. The van der Waals surface area contributed by atoms with Gasteiger partial charge in [0.2, 0.25) is 17.3 Å². The SMILES string of the molecule is NCCCCSC1=CC(=O)c2oncc2C1=O. The van der Waals surface area contributed by atoms with Crippen LogP contribution >= 0.6 is 11.8 Å². The maximum atomic E-state index is 11.9. The minimum Gasteiger partial charge on any atom is -0.352 e. The number of rotatable bonds is 5. The summed E-state index contributed by atoms with van der Waals surface area (Å²) in [5, 5.41) is 3.47. The second kappa shape index (κ2) is 5.29. The zero-order valence-corrected chi connectivity index (χ0v) is 9.96. The van der Waals surface area contributed by atoms with Crippen molar-refractivity contribution in [3.8, 4) is 0 Å². The smallest absolute Gasteiger partial charge is 0.225 e. The van der Waals surface area contributed by atoms with Gasteiger partial charge < -0.3 is 10.3 Å². The van der Waals surface area contributed by atoms with Gasteiger partial charge in [0.15, 0.2) is 0 Å². The Hall–Kier alpha value is -1.40. The van der Waals surface area contributed by atoms with E-state index >= 15 is 0 Å².